The third kappa shape index (κ3) is 6.77. The Morgan fingerprint density at radius 2 is 2.00 bits per heavy atom. The summed E-state index contributed by atoms with van der Waals surface area (Å²) >= 11 is 0. The van der Waals surface area contributed by atoms with Crippen molar-refractivity contribution in [3.63, 3.8) is 0 Å². The fourth-order valence-corrected chi connectivity index (χ4v) is 3.25. The van der Waals surface area contributed by atoms with E-state index in [9.17, 15) is 4.79 Å². The monoisotopic (exact) mass is 418 g/mol. The molecule has 0 atom stereocenters. The van der Waals surface area contributed by atoms with Gasteiger partial charge in [-0.05, 0) is 50.1 Å². The van der Waals surface area contributed by atoms with Crippen molar-refractivity contribution in [2.45, 2.75) is 32.1 Å². The highest BCUT2D eigenvalue weighted by Gasteiger charge is 2.27. The molecule has 1 aliphatic rings. The van der Waals surface area contributed by atoms with Gasteiger partial charge in [0.25, 0.3) is 11.9 Å². The number of nitrogens with zero attached hydrogens (tertiary/aromatic N) is 2. The first kappa shape index (κ1) is 23.2. The smallest absolute Gasteiger partial charge is 0.300 e. The first-order valence-electron chi connectivity index (χ1n) is 9.95. The predicted octanol–water partition coefficient (Wildman–Crippen LogP) is 2.26. The zero-order valence-electron chi connectivity index (χ0n) is 17.5. The van der Waals surface area contributed by atoms with Crippen LogP contribution in [0.3, 0.4) is 0 Å². The summed E-state index contributed by atoms with van der Waals surface area (Å²) in [6.45, 7) is 3.55. The molecule has 1 aromatic heterocycles. The van der Waals surface area contributed by atoms with Gasteiger partial charge in [-0.3, -0.25) is 14.7 Å². The number of carbonyl (C=O) groups excluding carboxylic acids is 1. The van der Waals surface area contributed by atoms with Gasteiger partial charge in [0, 0.05) is 37.8 Å². The molecule has 0 radical (unpaired) electrons. The summed E-state index contributed by atoms with van der Waals surface area (Å²) in [7, 11) is 1.59. The summed E-state index contributed by atoms with van der Waals surface area (Å²) in [5.74, 6) is 0.800. The van der Waals surface area contributed by atoms with Crippen molar-refractivity contribution in [1.29, 1.82) is 0 Å². The largest absolute Gasteiger partial charge is 0.497 e. The van der Waals surface area contributed by atoms with Crippen LogP contribution in [0.2, 0.25) is 0 Å². The Hall–Kier alpha value is -3.07. The molecule has 1 aliphatic heterocycles. The van der Waals surface area contributed by atoms with Crippen LogP contribution in [0.15, 0.2) is 30.5 Å². The maximum Gasteiger partial charge on any atom is 0.300 e. The third-order valence-corrected chi connectivity index (χ3v) is 4.77. The quantitative estimate of drug-likeness (QED) is 0.588. The highest BCUT2D eigenvalue weighted by molar-refractivity contribution is 5.97. The number of nitrogens with one attached hydrogen (secondary N) is 1. The molecule has 0 saturated carbocycles. The van der Waals surface area contributed by atoms with E-state index in [0.29, 0.717) is 49.2 Å². The minimum Gasteiger partial charge on any atom is -0.497 e. The van der Waals surface area contributed by atoms with Crippen LogP contribution in [0, 0.1) is 0 Å². The van der Waals surface area contributed by atoms with Gasteiger partial charge >= 0.3 is 0 Å². The topological polar surface area (TPSA) is 131 Å². The molecule has 0 bridgehead atoms. The number of hydrogen-bond acceptors (Lipinski definition) is 6. The van der Waals surface area contributed by atoms with Crippen LogP contribution in [0.5, 0.6) is 11.5 Å². The van der Waals surface area contributed by atoms with Gasteiger partial charge in [0.1, 0.15) is 11.5 Å². The van der Waals surface area contributed by atoms with Gasteiger partial charge in [-0.15, -0.1) is 0 Å². The number of amides is 1. The number of rotatable bonds is 7. The molecule has 9 heteroatoms. The predicted molar refractivity (Wildman–Crippen MR) is 112 cm³/mol. The standard InChI is InChI=1S/C19H26N4O3.C2H4O2/c1-25-15-3-4-18(26-12-2-8-20)16(13-15)19(24)23-10-6-14(7-11-23)17-5-9-21-22-17;1-2(3)4/h3-5,9,13-14H,2,6-8,10-12,20H2,1H3,(H,21,22);1H3,(H,3,4). The second-order valence-electron chi connectivity index (χ2n) is 6.95. The normalized spacial score (nSPS) is 13.9. The summed E-state index contributed by atoms with van der Waals surface area (Å²) in [6.07, 6.45) is 4.35. The fourth-order valence-electron chi connectivity index (χ4n) is 3.25. The molecule has 1 saturated heterocycles. The van der Waals surface area contributed by atoms with E-state index in [-0.39, 0.29) is 5.91 Å². The number of ether oxygens (including phenoxy) is 2. The van der Waals surface area contributed by atoms with Gasteiger partial charge in [-0.2, -0.15) is 5.10 Å². The van der Waals surface area contributed by atoms with E-state index in [1.54, 1.807) is 31.5 Å². The number of carboxylic acid groups (broad SMARTS) is 1. The van der Waals surface area contributed by atoms with Crippen LogP contribution in [0.25, 0.3) is 0 Å². The molecular formula is C21H30N4O5. The number of hydrogen-bond donors (Lipinski definition) is 3. The Labute approximate surface area is 176 Å². The summed E-state index contributed by atoms with van der Waals surface area (Å²) in [4.78, 5) is 23.9. The molecule has 4 N–H and O–H groups in total. The summed E-state index contributed by atoms with van der Waals surface area (Å²) in [5.41, 5.74) is 7.21. The van der Waals surface area contributed by atoms with Crippen LogP contribution in [-0.2, 0) is 4.79 Å². The van der Waals surface area contributed by atoms with Crippen molar-refractivity contribution < 1.29 is 24.2 Å². The minimum atomic E-state index is -0.833. The van der Waals surface area contributed by atoms with Crippen molar-refractivity contribution in [3.8, 4) is 11.5 Å². The van der Waals surface area contributed by atoms with Crippen LogP contribution in [0.1, 0.15) is 48.2 Å². The molecule has 9 nitrogen and oxygen atoms in total. The van der Waals surface area contributed by atoms with Crippen molar-refractivity contribution in [2.75, 3.05) is 33.4 Å². The van der Waals surface area contributed by atoms with Gasteiger partial charge in [0.2, 0.25) is 0 Å². The Balaban J connectivity index is 0.000000735. The van der Waals surface area contributed by atoms with Crippen molar-refractivity contribution in [1.82, 2.24) is 15.1 Å². The second kappa shape index (κ2) is 11.8. The maximum atomic E-state index is 13.1. The van der Waals surface area contributed by atoms with Crippen LogP contribution >= 0.6 is 0 Å². The number of carbonyl (C=O) groups is 2. The Morgan fingerprint density at radius 1 is 1.30 bits per heavy atom. The van der Waals surface area contributed by atoms with E-state index in [4.69, 9.17) is 25.1 Å². The molecular weight excluding hydrogens is 388 g/mol. The molecule has 1 fully saturated rings. The highest BCUT2D eigenvalue weighted by atomic mass is 16.5. The molecule has 30 heavy (non-hydrogen) atoms. The molecule has 1 amide bonds. The Bertz CT molecular complexity index is 798. The lowest BCUT2D eigenvalue weighted by Gasteiger charge is -2.32. The number of piperidine rings is 1. The van der Waals surface area contributed by atoms with E-state index in [0.717, 1.165) is 31.9 Å². The SMILES string of the molecule is CC(=O)O.COc1ccc(OCCCN)c(C(=O)N2CCC(c3ccn[nH]3)CC2)c1. The molecule has 2 heterocycles. The van der Waals surface area contributed by atoms with E-state index < -0.39 is 5.97 Å². The summed E-state index contributed by atoms with van der Waals surface area (Å²) in [6, 6.07) is 7.35. The lowest BCUT2D eigenvalue weighted by Crippen LogP contribution is -2.38. The first-order valence-corrected chi connectivity index (χ1v) is 9.95. The zero-order valence-corrected chi connectivity index (χ0v) is 17.5. The zero-order chi connectivity index (χ0) is 21.9. The van der Waals surface area contributed by atoms with Crippen LogP contribution in [0.4, 0.5) is 0 Å². The number of H-pyrrole nitrogens is 1. The average Bonchev–Trinajstić information content (AvgIpc) is 3.28. The summed E-state index contributed by atoms with van der Waals surface area (Å²) in [5, 5.41) is 14.5. The van der Waals surface area contributed by atoms with Gasteiger partial charge in [0.05, 0.1) is 19.3 Å². The molecule has 164 valence electrons. The average molecular weight is 418 g/mol. The number of nitrogens with two attached hydrogens (primary N) is 1. The number of methoxy groups -OCH3 is 1. The van der Waals surface area contributed by atoms with Crippen LogP contribution in [-0.4, -0.2) is 65.4 Å². The Kier molecular flexibility index (Phi) is 9.14. The van der Waals surface area contributed by atoms with E-state index in [2.05, 4.69) is 10.2 Å². The number of aromatic amines is 1. The lowest BCUT2D eigenvalue weighted by molar-refractivity contribution is -0.134. The van der Waals surface area contributed by atoms with E-state index in [1.807, 2.05) is 11.0 Å². The number of benzene rings is 1. The fraction of sp³-hybridized carbons (Fsp3) is 0.476. The third-order valence-electron chi connectivity index (χ3n) is 4.77. The van der Waals surface area contributed by atoms with Gasteiger partial charge in [0.15, 0.2) is 0 Å². The molecule has 0 aliphatic carbocycles. The molecule has 0 spiro atoms. The lowest BCUT2D eigenvalue weighted by atomic mass is 9.93. The number of likely N-dealkylation sites (tertiary alicyclic amines) is 1. The molecule has 2 aromatic rings. The van der Waals surface area contributed by atoms with E-state index in [1.165, 1.54) is 0 Å². The molecule has 3 rings (SSSR count). The van der Waals surface area contributed by atoms with Crippen molar-refractivity contribution in [3.05, 3.63) is 41.7 Å². The van der Waals surface area contributed by atoms with Crippen molar-refractivity contribution >= 4 is 11.9 Å². The number of aliphatic carboxylic acids is 1. The highest BCUT2D eigenvalue weighted by Crippen LogP contribution is 2.30. The number of carboxylic acids is 1. The second-order valence-corrected chi connectivity index (χ2v) is 6.95. The van der Waals surface area contributed by atoms with Gasteiger partial charge in [-0.1, -0.05) is 0 Å². The van der Waals surface area contributed by atoms with Crippen LogP contribution < -0.4 is 15.2 Å². The minimum absolute atomic E-state index is 0.0188. The van der Waals surface area contributed by atoms with Crippen molar-refractivity contribution in [2.24, 2.45) is 5.73 Å². The first-order chi connectivity index (χ1) is 14.5. The molecule has 1 aromatic carbocycles. The van der Waals surface area contributed by atoms with Gasteiger partial charge in [-0.25, -0.2) is 0 Å². The number of aromatic nitrogens is 2. The van der Waals surface area contributed by atoms with E-state index >= 15 is 0 Å². The summed E-state index contributed by atoms with van der Waals surface area (Å²) < 4.78 is 11.1. The maximum absolute atomic E-state index is 13.1. The Morgan fingerprint density at radius 3 is 2.57 bits per heavy atom. The molecule has 0 unspecified atom stereocenters. The van der Waals surface area contributed by atoms with Gasteiger partial charge < -0.3 is 25.2 Å².